The number of esters is 1. The first-order valence-electron chi connectivity index (χ1n) is 11.6. The van der Waals surface area contributed by atoms with Gasteiger partial charge in [-0.3, -0.25) is 15.6 Å². The molecule has 3 aromatic rings. The number of carbonyl (C=O) groups excluding carboxylic acids is 2. The molecule has 1 aromatic carbocycles. The summed E-state index contributed by atoms with van der Waals surface area (Å²) in [5.74, 6) is -0.138. The van der Waals surface area contributed by atoms with Gasteiger partial charge in [0.15, 0.2) is 11.6 Å². The Hall–Kier alpha value is -4.61. The van der Waals surface area contributed by atoms with Crippen molar-refractivity contribution in [2.75, 3.05) is 24.5 Å². The fourth-order valence-electron chi connectivity index (χ4n) is 4.37. The third-order valence-electron chi connectivity index (χ3n) is 6.05. The lowest BCUT2D eigenvalue weighted by molar-refractivity contribution is -0.138. The van der Waals surface area contributed by atoms with Gasteiger partial charge in [-0.2, -0.15) is 4.98 Å². The largest absolute Gasteiger partial charge is 0.497 e. The maximum absolute atomic E-state index is 13.3. The molecule has 1 amide bonds. The molecule has 2 aromatic heterocycles. The van der Waals surface area contributed by atoms with E-state index in [2.05, 4.69) is 26.3 Å². The van der Waals surface area contributed by atoms with E-state index in [0.717, 1.165) is 0 Å². The van der Waals surface area contributed by atoms with Gasteiger partial charge < -0.3 is 19.3 Å². The van der Waals surface area contributed by atoms with Crippen LogP contribution < -0.4 is 26.6 Å². The van der Waals surface area contributed by atoms with Crippen molar-refractivity contribution >= 4 is 23.5 Å². The van der Waals surface area contributed by atoms with Gasteiger partial charge in [0, 0.05) is 22.7 Å². The van der Waals surface area contributed by atoms with Crippen molar-refractivity contribution in [2.45, 2.75) is 40.5 Å². The lowest BCUT2D eigenvalue weighted by Gasteiger charge is -2.30. The maximum atomic E-state index is 13.3. The van der Waals surface area contributed by atoms with E-state index in [1.54, 1.807) is 58.9 Å². The smallest absolute Gasteiger partial charge is 0.356 e. The summed E-state index contributed by atoms with van der Waals surface area (Å²) in [5.41, 5.74) is 7.34. The van der Waals surface area contributed by atoms with Crippen LogP contribution in [0.3, 0.4) is 0 Å². The summed E-state index contributed by atoms with van der Waals surface area (Å²) in [7, 11) is 1.50. The molecule has 12 heteroatoms. The number of amides is 1. The molecule has 37 heavy (non-hydrogen) atoms. The molecule has 0 fully saturated rings. The van der Waals surface area contributed by atoms with Gasteiger partial charge in [0.25, 0.3) is 5.91 Å². The summed E-state index contributed by atoms with van der Waals surface area (Å²) in [5, 5.41) is 7.13. The van der Waals surface area contributed by atoms with Gasteiger partial charge in [-0.25, -0.2) is 14.2 Å². The van der Waals surface area contributed by atoms with Crippen LogP contribution in [0.5, 0.6) is 5.75 Å². The molecule has 194 valence electrons. The lowest BCUT2D eigenvalue weighted by atomic mass is 9.88. The second-order valence-electron chi connectivity index (χ2n) is 8.43. The average Bonchev–Trinajstić information content (AvgIpc) is 3.19. The molecule has 0 aliphatic carbocycles. The number of nitrogens with zero attached hydrogens (tertiary/aromatic N) is 3. The summed E-state index contributed by atoms with van der Waals surface area (Å²) in [6, 6.07) is 6.59. The highest BCUT2D eigenvalue weighted by molar-refractivity contribution is 5.96. The average molecular weight is 509 g/mol. The second kappa shape index (κ2) is 10.2. The van der Waals surface area contributed by atoms with E-state index >= 15 is 0 Å². The Kier molecular flexibility index (Phi) is 7.00. The zero-order valence-corrected chi connectivity index (χ0v) is 21.4. The van der Waals surface area contributed by atoms with Crippen molar-refractivity contribution < 1.29 is 23.6 Å². The molecule has 1 atom stereocenters. The van der Waals surface area contributed by atoms with Crippen LogP contribution in [-0.2, 0) is 9.53 Å². The molecule has 4 rings (SSSR count). The van der Waals surface area contributed by atoms with E-state index in [1.165, 1.54) is 11.7 Å². The molecule has 0 saturated carbocycles. The number of carbonyl (C=O) groups is 2. The van der Waals surface area contributed by atoms with E-state index in [0.29, 0.717) is 51.1 Å². The number of hydrazine groups is 1. The Morgan fingerprint density at radius 3 is 2.65 bits per heavy atom. The summed E-state index contributed by atoms with van der Waals surface area (Å²) in [6.45, 7) is 8.85. The van der Waals surface area contributed by atoms with Crippen molar-refractivity contribution in [1.29, 1.82) is 0 Å². The van der Waals surface area contributed by atoms with Crippen LogP contribution in [0.15, 0.2) is 44.9 Å². The highest BCUT2D eigenvalue weighted by Crippen LogP contribution is 2.41. The maximum Gasteiger partial charge on any atom is 0.356 e. The Morgan fingerprint density at radius 2 is 2.00 bits per heavy atom. The fourth-order valence-corrected chi connectivity index (χ4v) is 4.37. The summed E-state index contributed by atoms with van der Waals surface area (Å²) in [6.07, 6.45) is 0. The summed E-state index contributed by atoms with van der Waals surface area (Å²) in [4.78, 5) is 43.1. The fraction of sp³-hybridized carbons (Fsp3) is 0.320. The minimum absolute atomic E-state index is 0.0774. The second-order valence-corrected chi connectivity index (χ2v) is 8.43. The van der Waals surface area contributed by atoms with Crippen molar-refractivity contribution in [3.05, 3.63) is 68.6 Å². The number of benzene rings is 1. The van der Waals surface area contributed by atoms with E-state index in [1.807, 2.05) is 0 Å². The highest BCUT2D eigenvalue weighted by atomic mass is 16.5. The molecule has 0 bridgehead atoms. The number of allylic oxidation sites excluding steroid dienone is 1. The van der Waals surface area contributed by atoms with Crippen molar-refractivity contribution in [3.63, 3.8) is 0 Å². The number of hydrogen-bond donors (Lipinski definition) is 3. The Bertz CT molecular complexity index is 1450. The minimum atomic E-state index is -0.640. The predicted molar refractivity (Wildman–Crippen MR) is 135 cm³/mol. The summed E-state index contributed by atoms with van der Waals surface area (Å²) < 4.78 is 17.1. The number of rotatable bonds is 7. The predicted octanol–water partition coefficient (Wildman–Crippen LogP) is 2.97. The summed E-state index contributed by atoms with van der Waals surface area (Å²) >= 11 is 0. The molecule has 1 aliphatic rings. The monoisotopic (exact) mass is 508 g/mol. The minimum Gasteiger partial charge on any atom is -0.497 e. The van der Waals surface area contributed by atoms with E-state index in [-0.39, 0.29) is 12.4 Å². The number of ether oxygens (including phenoxy) is 2. The van der Waals surface area contributed by atoms with Gasteiger partial charge in [-0.1, -0.05) is 18.1 Å². The van der Waals surface area contributed by atoms with Crippen molar-refractivity contribution in [2.24, 2.45) is 0 Å². The number of nitrogens with one attached hydrogen (secondary N) is 3. The van der Waals surface area contributed by atoms with Gasteiger partial charge >= 0.3 is 11.7 Å². The SMILES string of the molecule is CCOC(=O)C1=C(C)Nc2c(c(NNC(=O)c3cccc(OC)c3)nc(=O)n2-c2c(C)noc2C)C1C. The molecular formula is C25H28N6O6. The molecule has 3 heterocycles. The first kappa shape index (κ1) is 25.5. The quantitative estimate of drug-likeness (QED) is 0.321. The van der Waals surface area contributed by atoms with Gasteiger partial charge in [-0.05, 0) is 45.9 Å². The van der Waals surface area contributed by atoms with Gasteiger partial charge in [0.2, 0.25) is 0 Å². The third-order valence-corrected chi connectivity index (χ3v) is 6.05. The molecule has 0 saturated heterocycles. The number of hydrogen-bond acceptors (Lipinski definition) is 10. The standard InChI is InChI=1S/C25H28N6O6/c1-7-36-24(33)18-12(2)19-21(28-29-23(32)16-9-8-10-17(11-16)35-6)27-25(34)31(22(19)26-13(18)3)20-14(4)30-37-15(20)5/h8-12,26H,7H2,1-6H3,(H,29,32)(H,27,28,34). The highest BCUT2D eigenvalue weighted by Gasteiger charge is 2.35. The van der Waals surface area contributed by atoms with Crippen LogP contribution in [0.1, 0.15) is 54.1 Å². The van der Waals surface area contributed by atoms with Crippen molar-refractivity contribution in [1.82, 2.24) is 20.1 Å². The molecule has 0 spiro atoms. The van der Waals surface area contributed by atoms with Crippen LogP contribution in [0.4, 0.5) is 11.6 Å². The van der Waals surface area contributed by atoms with Crippen LogP contribution >= 0.6 is 0 Å². The van der Waals surface area contributed by atoms with Gasteiger partial charge in [0.05, 0.1) is 19.3 Å². The van der Waals surface area contributed by atoms with Crippen LogP contribution in [0.25, 0.3) is 5.69 Å². The third kappa shape index (κ3) is 4.65. The van der Waals surface area contributed by atoms with E-state index < -0.39 is 23.5 Å². The molecule has 12 nitrogen and oxygen atoms in total. The van der Waals surface area contributed by atoms with Crippen molar-refractivity contribution in [3.8, 4) is 11.4 Å². The number of methoxy groups -OCH3 is 1. The van der Waals surface area contributed by atoms with Crippen LogP contribution in [0, 0.1) is 13.8 Å². The lowest BCUT2D eigenvalue weighted by Crippen LogP contribution is -2.36. The Labute approximate surface area is 212 Å². The zero-order chi connectivity index (χ0) is 26.9. The van der Waals surface area contributed by atoms with E-state index in [9.17, 15) is 14.4 Å². The molecular weight excluding hydrogens is 480 g/mol. The first-order chi connectivity index (χ1) is 17.7. The molecule has 3 N–H and O–H groups in total. The van der Waals surface area contributed by atoms with Gasteiger partial charge in [0.1, 0.15) is 22.9 Å². The molecule has 1 unspecified atom stereocenters. The molecule has 0 radical (unpaired) electrons. The van der Waals surface area contributed by atoms with Crippen LogP contribution in [-0.4, -0.2) is 40.3 Å². The zero-order valence-electron chi connectivity index (χ0n) is 21.4. The topological polar surface area (TPSA) is 150 Å². The molecule has 1 aliphatic heterocycles. The number of aromatic nitrogens is 3. The van der Waals surface area contributed by atoms with Gasteiger partial charge in [-0.15, -0.1) is 0 Å². The normalized spacial score (nSPS) is 14.5. The Balaban J connectivity index is 1.82. The number of fused-ring (bicyclic) bond motifs is 1. The number of anilines is 2. The Morgan fingerprint density at radius 1 is 1.24 bits per heavy atom. The first-order valence-corrected chi connectivity index (χ1v) is 11.6. The van der Waals surface area contributed by atoms with E-state index in [4.69, 9.17) is 14.0 Å². The number of aryl methyl sites for hydroxylation is 2. The van der Waals surface area contributed by atoms with Crippen LogP contribution in [0.2, 0.25) is 0 Å².